The second kappa shape index (κ2) is 11.5. The molecule has 0 aliphatic carbocycles. The van der Waals surface area contributed by atoms with Crippen LogP contribution >= 0.6 is 11.6 Å². The van der Waals surface area contributed by atoms with E-state index in [2.05, 4.69) is 21.8 Å². The van der Waals surface area contributed by atoms with Crippen LogP contribution in [0.1, 0.15) is 49.4 Å². The van der Waals surface area contributed by atoms with Crippen molar-refractivity contribution in [3.63, 3.8) is 0 Å². The van der Waals surface area contributed by atoms with Gasteiger partial charge in [0.15, 0.2) is 11.5 Å². The fourth-order valence-corrected chi connectivity index (χ4v) is 3.89. The summed E-state index contributed by atoms with van der Waals surface area (Å²) in [7, 11) is 0. The highest BCUT2D eigenvalue weighted by Gasteiger charge is 2.33. The Balaban J connectivity index is 1.91. The molecule has 4 rings (SSSR count). The summed E-state index contributed by atoms with van der Waals surface area (Å²) in [5.41, 5.74) is 0.387. The van der Waals surface area contributed by atoms with E-state index in [1.165, 1.54) is 24.4 Å². The fourth-order valence-electron chi connectivity index (χ4n) is 3.64. The predicted octanol–water partition coefficient (Wildman–Crippen LogP) is 6.76. The third-order valence-electron chi connectivity index (χ3n) is 5.25. The molecule has 0 saturated carbocycles. The van der Waals surface area contributed by atoms with Crippen molar-refractivity contribution in [3.8, 4) is 34.5 Å². The first-order valence-electron chi connectivity index (χ1n) is 12.1. The monoisotopic (exact) mass is 545 g/mol. The number of hydrogen-bond acceptors (Lipinski definition) is 6. The van der Waals surface area contributed by atoms with E-state index in [4.69, 9.17) is 21.1 Å². The molecule has 0 radical (unpaired) electrons. The second-order valence-electron chi connectivity index (χ2n) is 9.31. The smallest absolute Gasteiger partial charge is 0.421 e. The van der Waals surface area contributed by atoms with Crippen molar-refractivity contribution in [1.29, 1.82) is 0 Å². The summed E-state index contributed by atoms with van der Waals surface area (Å²) in [6.07, 6.45) is 0.517. The normalized spacial score (nSPS) is 10.9. The van der Waals surface area contributed by atoms with Crippen LogP contribution in [0, 0.1) is 17.7 Å². The quantitative estimate of drug-likeness (QED) is 0.208. The van der Waals surface area contributed by atoms with Gasteiger partial charge in [-0.15, -0.1) is 0 Å². The number of hydrogen-bond donors (Lipinski definition) is 0. The van der Waals surface area contributed by atoms with Crippen LogP contribution in [0.2, 0.25) is 5.02 Å². The summed E-state index contributed by atoms with van der Waals surface area (Å²) in [6, 6.07) is 16.8. The van der Waals surface area contributed by atoms with E-state index >= 15 is 4.39 Å². The topological polar surface area (TPSA) is 83.3 Å². The van der Waals surface area contributed by atoms with E-state index in [1.807, 2.05) is 30.3 Å². The van der Waals surface area contributed by atoms with Crippen molar-refractivity contribution >= 4 is 23.7 Å². The van der Waals surface area contributed by atoms with Crippen molar-refractivity contribution in [2.75, 3.05) is 6.61 Å². The maximum absolute atomic E-state index is 15.1. The molecule has 2 aromatic carbocycles. The molecule has 0 atom stereocenters. The van der Waals surface area contributed by atoms with E-state index in [0.29, 0.717) is 11.3 Å². The van der Waals surface area contributed by atoms with Gasteiger partial charge < -0.3 is 9.47 Å². The Morgan fingerprint density at radius 2 is 1.77 bits per heavy atom. The van der Waals surface area contributed by atoms with E-state index in [0.717, 1.165) is 10.1 Å². The molecule has 0 saturated heterocycles. The zero-order valence-corrected chi connectivity index (χ0v) is 22.5. The number of aromatic nitrogens is 3. The number of rotatable bonds is 4. The van der Waals surface area contributed by atoms with Crippen LogP contribution in [-0.4, -0.2) is 38.8 Å². The Kier molecular flexibility index (Phi) is 8.12. The molecular weight excluding hydrogens is 521 g/mol. The van der Waals surface area contributed by atoms with E-state index in [1.54, 1.807) is 39.8 Å². The van der Waals surface area contributed by atoms with Gasteiger partial charge in [0.1, 0.15) is 22.8 Å². The van der Waals surface area contributed by atoms with Crippen molar-refractivity contribution < 1.29 is 23.5 Å². The molecule has 0 unspecified atom stereocenters. The Hall–Kier alpha value is -4.48. The third-order valence-corrected chi connectivity index (χ3v) is 5.57. The van der Waals surface area contributed by atoms with Crippen molar-refractivity contribution in [2.45, 2.75) is 33.3 Å². The molecular formula is C30H25ClFN3O4. The minimum atomic E-state index is -0.947. The number of pyridine rings is 1. The van der Waals surface area contributed by atoms with Gasteiger partial charge in [0.25, 0.3) is 0 Å². The molecule has 7 nitrogen and oxygen atoms in total. The molecule has 0 amide bonds. The van der Waals surface area contributed by atoms with Crippen LogP contribution < -0.4 is 0 Å². The number of benzene rings is 2. The van der Waals surface area contributed by atoms with Crippen LogP contribution in [0.3, 0.4) is 0 Å². The molecule has 0 aliphatic rings. The minimum absolute atomic E-state index is 0.00331. The average Bonchev–Trinajstić information content (AvgIpc) is 3.28. The Morgan fingerprint density at radius 3 is 2.38 bits per heavy atom. The molecule has 0 N–H and O–H groups in total. The summed E-state index contributed by atoms with van der Waals surface area (Å²) in [5, 5.41) is -0.00331. The maximum atomic E-state index is 15.1. The predicted molar refractivity (Wildman–Crippen MR) is 146 cm³/mol. The van der Waals surface area contributed by atoms with Gasteiger partial charge in [0, 0.05) is 17.3 Å². The molecule has 2 aromatic heterocycles. The Morgan fingerprint density at radius 1 is 1.03 bits per heavy atom. The van der Waals surface area contributed by atoms with Gasteiger partial charge in [-0.1, -0.05) is 41.8 Å². The summed E-state index contributed by atoms with van der Waals surface area (Å²) in [6.45, 7) is 6.66. The molecule has 9 heteroatoms. The van der Waals surface area contributed by atoms with Gasteiger partial charge in [-0.05, 0) is 70.0 Å². The second-order valence-corrected chi connectivity index (χ2v) is 9.72. The zero-order valence-electron chi connectivity index (χ0n) is 21.8. The van der Waals surface area contributed by atoms with Crippen LogP contribution in [-0.2, 0) is 9.47 Å². The van der Waals surface area contributed by atoms with Crippen LogP contribution in [0.15, 0.2) is 66.9 Å². The lowest BCUT2D eigenvalue weighted by Crippen LogP contribution is -2.30. The molecule has 0 bridgehead atoms. The lowest BCUT2D eigenvalue weighted by atomic mass is 10.1. The third kappa shape index (κ3) is 6.33. The van der Waals surface area contributed by atoms with Crippen LogP contribution in [0.4, 0.5) is 9.18 Å². The number of carbonyl (C=O) groups is 2. The first-order chi connectivity index (χ1) is 18.6. The van der Waals surface area contributed by atoms with Gasteiger partial charge in [-0.25, -0.2) is 28.5 Å². The summed E-state index contributed by atoms with van der Waals surface area (Å²) in [5.74, 6) is 4.21. The summed E-state index contributed by atoms with van der Waals surface area (Å²) < 4.78 is 26.8. The Labute approximate surface area is 230 Å². The first kappa shape index (κ1) is 27.6. The first-order valence-corrected chi connectivity index (χ1v) is 12.5. The molecule has 0 aliphatic heterocycles. The number of nitrogens with zero attached hydrogens (tertiary/aromatic N) is 3. The highest BCUT2D eigenvalue weighted by atomic mass is 35.5. The Bertz CT molecular complexity index is 1560. The number of halogens is 2. The average molecular weight is 546 g/mol. The molecule has 198 valence electrons. The lowest BCUT2D eigenvalue weighted by molar-refractivity contribution is 0.0452. The van der Waals surface area contributed by atoms with Crippen molar-refractivity contribution in [1.82, 2.24) is 14.5 Å². The fraction of sp³-hybridized carbons (Fsp3) is 0.200. The van der Waals surface area contributed by atoms with Gasteiger partial charge in [0.05, 0.1) is 17.2 Å². The van der Waals surface area contributed by atoms with E-state index in [-0.39, 0.29) is 34.4 Å². The van der Waals surface area contributed by atoms with Gasteiger partial charge in [-0.2, -0.15) is 0 Å². The SMILES string of the molecule is CCOC(=O)c1c(-c2ccc(C#Cc3ccccc3)nc2)nc(-c2c(F)cccc2Cl)n1C(=O)OC(C)(C)C. The highest BCUT2D eigenvalue weighted by Crippen LogP contribution is 2.35. The molecule has 0 fully saturated rings. The largest absolute Gasteiger partial charge is 0.461 e. The van der Waals surface area contributed by atoms with Crippen molar-refractivity contribution in [3.05, 3.63) is 94.7 Å². The molecule has 39 heavy (non-hydrogen) atoms. The minimum Gasteiger partial charge on any atom is -0.461 e. The number of carbonyl (C=O) groups excluding carboxylic acids is 2. The van der Waals surface area contributed by atoms with Gasteiger partial charge in [0.2, 0.25) is 0 Å². The van der Waals surface area contributed by atoms with E-state index in [9.17, 15) is 9.59 Å². The van der Waals surface area contributed by atoms with Crippen LogP contribution in [0.25, 0.3) is 22.6 Å². The standard InChI is InChI=1S/C30H25ClFN3O4/c1-5-38-28(36)26-25(20-15-17-21(33-18-20)16-14-19-10-7-6-8-11-19)34-27(24-22(31)12-9-13-23(24)32)35(26)29(37)39-30(2,3)4/h6-13,15,17-18H,5H2,1-4H3. The number of esters is 1. The summed E-state index contributed by atoms with van der Waals surface area (Å²) in [4.78, 5) is 35.5. The maximum Gasteiger partial charge on any atom is 0.421 e. The highest BCUT2D eigenvalue weighted by molar-refractivity contribution is 6.33. The van der Waals surface area contributed by atoms with Crippen molar-refractivity contribution in [2.24, 2.45) is 0 Å². The summed E-state index contributed by atoms with van der Waals surface area (Å²) >= 11 is 6.34. The number of imidazole rings is 1. The molecule has 2 heterocycles. The number of ether oxygens (including phenoxy) is 2. The van der Waals surface area contributed by atoms with Gasteiger partial charge in [-0.3, -0.25) is 0 Å². The van der Waals surface area contributed by atoms with Crippen LogP contribution in [0.5, 0.6) is 0 Å². The van der Waals surface area contributed by atoms with Gasteiger partial charge >= 0.3 is 12.1 Å². The lowest BCUT2D eigenvalue weighted by Gasteiger charge is -2.21. The van der Waals surface area contributed by atoms with E-state index < -0.39 is 23.5 Å². The molecule has 0 spiro atoms. The molecule has 4 aromatic rings. The zero-order chi connectivity index (χ0) is 28.2.